The molecule has 0 aliphatic carbocycles. The molecule has 2 aliphatic heterocycles. The predicted molar refractivity (Wildman–Crippen MR) is 73.7 cm³/mol. The maximum atomic E-state index is 11.7. The summed E-state index contributed by atoms with van der Waals surface area (Å²) >= 11 is 0. The molecule has 4 N–H and O–H groups in total. The van der Waals surface area contributed by atoms with Gasteiger partial charge in [-0.25, -0.2) is 4.99 Å². The van der Waals surface area contributed by atoms with Crippen molar-refractivity contribution in [1.29, 1.82) is 0 Å². The lowest BCUT2D eigenvalue weighted by molar-refractivity contribution is -0.117. The number of benzene rings is 1. The van der Waals surface area contributed by atoms with Crippen LogP contribution in [0.2, 0.25) is 0 Å². The largest absolute Gasteiger partial charge is 0.399 e. The number of amides is 1. The van der Waals surface area contributed by atoms with Gasteiger partial charge in [0, 0.05) is 11.3 Å². The highest BCUT2D eigenvalue weighted by molar-refractivity contribution is 6.42. The van der Waals surface area contributed by atoms with Gasteiger partial charge in [0.2, 0.25) is 5.96 Å². The maximum Gasteiger partial charge on any atom is 0.281 e. The summed E-state index contributed by atoms with van der Waals surface area (Å²) in [5.41, 5.74) is 13.1. The Kier molecular flexibility index (Phi) is 2.45. The molecule has 1 unspecified atom stereocenters. The topological polar surface area (TPSA) is 119 Å². The molecule has 7 nitrogen and oxygen atoms in total. The van der Waals surface area contributed by atoms with E-state index >= 15 is 0 Å². The second-order valence-electron chi connectivity index (χ2n) is 4.08. The first kappa shape index (κ1) is 11.3. The maximum absolute atomic E-state index is 11.7. The lowest BCUT2D eigenvalue weighted by Crippen LogP contribution is -2.37. The number of nitrogen functional groups attached to an aromatic ring is 1. The Labute approximate surface area is 108 Å². The van der Waals surface area contributed by atoms with Gasteiger partial charge in [0.25, 0.3) is 5.91 Å². The van der Waals surface area contributed by atoms with Crippen LogP contribution in [0, 0.1) is 0 Å². The number of anilines is 1. The third kappa shape index (κ3) is 2.01. The van der Waals surface area contributed by atoms with Gasteiger partial charge in [-0.15, -0.1) is 0 Å². The fourth-order valence-electron chi connectivity index (χ4n) is 1.80. The van der Waals surface area contributed by atoms with Gasteiger partial charge in [-0.2, -0.15) is 9.98 Å². The Bertz CT molecular complexity index is 668. The summed E-state index contributed by atoms with van der Waals surface area (Å²) in [6.07, 6.45) is 1.55. The number of nitrogens with two attached hydrogens (primary N) is 2. The van der Waals surface area contributed by atoms with Crippen molar-refractivity contribution in [3.8, 4) is 0 Å². The molecule has 0 saturated heterocycles. The van der Waals surface area contributed by atoms with Crippen molar-refractivity contribution in [3.63, 3.8) is 0 Å². The summed E-state index contributed by atoms with van der Waals surface area (Å²) in [5, 5.41) is 0. The lowest BCUT2D eigenvalue weighted by Gasteiger charge is -2.17. The molecule has 0 bridgehead atoms. The lowest BCUT2D eigenvalue weighted by atomic mass is 10.1. The molecule has 7 heteroatoms. The Morgan fingerprint density at radius 3 is 2.53 bits per heavy atom. The molecular weight excluding hydrogens is 244 g/mol. The predicted octanol–water partition coefficient (Wildman–Crippen LogP) is -0.236. The van der Waals surface area contributed by atoms with Crippen LogP contribution >= 0.6 is 0 Å². The number of hydrogen-bond donors (Lipinski definition) is 2. The molecule has 1 aromatic carbocycles. The van der Waals surface area contributed by atoms with Gasteiger partial charge in [-0.1, -0.05) is 12.1 Å². The van der Waals surface area contributed by atoms with Crippen LogP contribution in [-0.2, 0) is 4.79 Å². The van der Waals surface area contributed by atoms with Crippen molar-refractivity contribution in [1.82, 2.24) is 0 Å². The van der Waals surface area contributed by atoms with Crippen molar-refractivity contribution in [3.05, 3.63) is 29.8 Å². The van der Waals surface area contributed by atoms with Crippen LogP contribution in [0.3, 0.4) is 0 Å². The van der Waals surface area contributed by atoms with E-state index in [0.717, 1.165) is 5.56 Å². The standard InChI is InChI=1S/C12H10N6O/c13-7-3-1-6(2-4-7)8-5-15-10-9(16-8)11(19)18-12(14)17-10/h1-5,9H,13H2,(H2,14,18,19). The van der Waals surface area contributed by atoms with Crippen molar-refractivity contribution in [2.24, 2.45) is 25.7 Å². The molecule has 0 fully saturated rings. The molecule has 19 heavy (non-hydrogen) atoms. The molecule has 3 rings (SSSR count). The van der Waals surface area contributed by atoms with E-state index in [1.54, 1.807) is 18.3 Å². The summed E-state index contributed by atoms with van der Waals surface area (Å²) in [4.78, 5) is 27.6. The number of aliphatic imine (C=N–C) groups is 4. The number of guanidine groups is 1. The summed E-state index contributed by atoms with van der Waals surface area (Å²) in [7, 11) is 0. The highest BCUT2D eigenvalue weighted by Crippen LogP contribution is 2.14. The molecule has 1 amide bonds. The summed E-state index contributed by atoms with van der Waals surface area (Å²) in [6, 6.07) is 6.34. The second-order valence-corrected chi connectivity index (χ2v) is 4.08. The van der Waals surface area contributed by atoms with Crippen molar-refractivity contribution in [2.75, 3.05) is 5.73 Å². The molecule has 0 saturated carbocycles. The van der Waals surface area contributed by atoms with Gasteiger partial charge < -0.3 is 11.5 Å². The van der Waals surface area contributed by atoms with E-state index < -0.39 is 11.9 Å². The van der Waals surface area contributed by atoms with E-state index in [9.17, 15) is 4.79 Å². The van der Waals surface area contributed by atoms with Crippen LogP contribution in [0.25, 0.3) is 0 Å². The Morgan fingerprint density at radius 2 is 1.79 bits per heavy atom. The number of fused-ring (bicyclic) bond motifs is 1. The molecule has 94 valence electrons. The molecular formula is C12H10N6O. The number of carbonyl (C=O) groups is 1. The van der Waals surface area contributed by atoms with Gasteiger partial charge in [0.1, 0.15) is 0 Å². The van der Waals surface area contributed by atoms with Crippen LogP contribution in [0.4, 0.5) is 5.69 Å². The minimum atomic E-state index is -0.801. The highest BCUT2D eigenvalue weighted by atomic mass is 16.1. The van der Waals surface area contributed by atoms with Gasteiger partial charge in [-0.05, 0) is 12.1 Å². The number of nitrogens with zero attached hydrogens (tertiary/aromatic N) is 4. The summed E-state index contributed by atoms with van der Waals surface area (Å²) in [6.45, 7) is 0. The first-order chi connectivity index (χ1) is 9.13. The van der Waals surface area contributed by atoms with Crippen molar-refractivity contribution < 1.29 is 4.79 Å². The summed E-state index contributed by atoms with van der Waals surface area (Å²) < 4.78 is 0. The van der Waals surface area contributed by atoms with E-state index in [0.29, 0.717) is 11.4 Å². The van der Waals surface area contributed by atoms with E-state index in [2.05, 4.69) is 20.0 Å². The number of amidine groups is 1. The average Bonchev–Trinajstić information content (AvgIpc) is 2.39. The quantitative estimate of drug-likeness (QED) is 0.673. The molecule has 0 aromatic heterocycles. The number of hydrogen-bond acceptors (Lipinski definition) is 6. The molecule has 0 radical (unpaired) electrons. The van der Waals surface area contributed by atoms with Crippen LogP contribution in [-0.4, -0.2) is 35.7 Å². The zero-order valence-corrected chi connectivity index (χ0v) is 9.82. The van der Waals surface area contributed by atoms with Gasteiger partial charge >= 0.3 is 0 Å². The van der Waals surface area contributed by atoms with E-state index in [1.165, 1.54) is 0 Å². The summed E-state index contributed by atoms with van der Waals surface area (Å²) in [5.74, 6) is -0.261. The SMILES string of the molecule is NC1=NC(=O)C2N=C(c3ccc(N)cc3)C=NC2=N1. The zero-order valence-electron chi connectivity index (χ0n) is 9.82. The van der Waals surface area contributed by atoms with Crippen LogP contribution in [0.5, 0.6) is 0 Å². The van der Waals surface area contributed by atoms with Gasteiger partial charge in [0.15, 0.2) is 11.9 Å². The third-order valence-electron chi connectivity index (χ3n) is 2.73. The molecule has 2 heterocycles. The second kappa shape index (κ2) is 4.13. The van der Waals surface area contributed by atoms with E-state index in [4.69, 9.17) is 11.5 Å². The smallest absolute Gasteiger partial charge is 0.281 e. The van der Waals surface area contributed by atoms with Gasteiger partial charge in [0.05, 0.1) is 11.9 Å². The van der Waals surface area contributed by atoms with Crippen molar-refractivity contribution >= 4 is 35.3 Å². The fourth-order valence-corrected chi connectivity index (χ4v) is 1.80. The van der Waals surface area contributed by atoms with Crippen LogP contribution < -0.4 is 11.5 Å². The van der Waals surface area contributed by atoms with Crippen LogP contribution in [0.1, 0.15) is 5.56 Å². The first-order valence-corrected chi connectivity index (χ1v) is 5.58. The highest BCUT2D eigenvalue weighted by Gasteiger charge is 2.30. The molecule has 1 atom stereocenters. The van der Waals surface area contributed by atoms with Gasteiger partial charge in [-0.3, -0.25) is 9.79 Å². The fraction of sp³-hybridized carbons (Fsp3) is 0.0833. The molecule has 1 aromatic rings. The molecule has 0 spiro atoms. The van der Waals surface area contributed by atoms with Crippen molar-refractivity contribution in [2.45, 2.75) is 6.04 Å². The Balaban J connectivity index is 1.98. The third-order valence-corrected chi connectivity index (χ3v) is 2.73. The minimum absolute atomic E-state index is 0.0838. The number of carbonyl (C=O) groups excluding carboxylic acids is 1. The Morgan fingerprint density at radius 1 is 1.05 bits per heavy atom. The molecule has 2 aliphatic rings. The van der Waals surface area contributed by atoms with E-state index in [1.807, 2.05) is 12.1 Å². The normalized spacial score (nSPS) is 21.4. The first-order valence-electron chi connectivity index (χ1n) is 5.58. The average molecular weight is 254 g/mol. The Hall–Kier alpha value is -2.83. The monoisotopic (exact) mass is 254 g/mol. The number of rotatable bonds is 1. The van der Waals surface area contributed by atoms with E-state index in [-0.39, 0.29) is 11.8 Å². The minimum Gasteiger partial charge on any atom is -0.399 e. The zero-order chi connectivity index (χ0) is 13.4. The van der Waals surface area contributed by atoms with Crippen LogP contribution in [0.15, 0.2) is 44.2 Å².